The number of rotatable bonds is 6. The molecule has 1 fully saturated rings. The molecule has 0 atom stereocenters. The van der Waals surface area contributed by atoms with Crippen LogP contribution in [0.2, 0.25) is 0 Å². The number of benzene rings is 2. The lowest BCUT2D eigenvalue weighted by molar-refractivity contribution is 0.312. The maximum atomic E-state index is 5.72. The highest BCUT2D eigenvalue weighted by atomic mass is 32.1. The Hall–Kier alpha value is -3.36. The Balaban J connectivity index is 1.43. The monoisotopic (exact) mass is 460 g/mol. The van der Waals surface area contributed by atoms with E-state index in [1.807, 2.05) is 29.6 Å². The van der Waals surface area contributed by atoms with Crippen molar-refractivity contribution in [2.75, 3.05) is 55.9 Å². The van der Waals surface area contributed by atoms with E-state index in [1.54, 1.807) is 18.4 Å². The summed E-state index contributed by atoms with van der Waals surface area (Å²) in [6, 6.07) is 16.5. The third kappa shape index (κ3) is 4.58. The number of hydrogen-bond donors (Lipinski definition) is 2. The average Bonchev–Trinajstić information content (AvgIpc) is 3.30. The normalized spacial score (nSPS) is 14.5. The van der Waals surface area contributed by atoms with Gasteiger partial charge in [-0.2, -0.15) is 4.98 Å². The minimum Gasteiger partial charge on any atom is -0.494 e. The summed E-state index contributed by atoms with van der Waals surface area (Å²) in [5, 5.41) is 8.90. The van der Waals surface area contributed by atoms with Gasteiger partial charge in [0.25, 0.3) is 0 Å². The molecule has 0 spiro atoms. The summed E-state index contributed by atoms with van der Waals surface area (Å²) in [5.74, 6) is 2.09. The maximum Gasteiger partial charge on any atom is 0.229 e. The third-order valence-corrected chi connectivity index (χ3v) is 6.91. The number of anilines is 5. The van der Waals surface area contributed by atoms with Gasteiger partial charge in [0.2, 0.25) is 5.95 Å². The molecule has 5 rings (SSSR count). The zero-order valence-corrected chi connectivity index (χ0v) is 19.9. The number of ether oxygens (including phenoxy) is 1. The fourth-order valence-corrected chi connectivity index (χ4v) is 4.79. The van der Waals surface area contributed by atoms with E-state index in [9.17, 15) is 0 Å². The van der Waals surface area contributed by atoms with Gasteiger partial charge in [-0.15, -0.1) is 11.3 Å². The molecule has 2 aromatic carbocycles. The summed E-state index contributed by atoms with van der Waals surface area (Å²) in [4.78, 5) is 14.3. The Bertz CT molecular complexity index is 1260. The number of nitrogens with one attached hydrogen (secondary N) is 2. The van der Waals surface area contributed by atoms with Crippen molar-refractivity contribution in [3.8, 4) is 5.75 Å². The summed E-state index contributed by atoms with van der Waals surface area (Å²) in [5.41, 5.74) is 5.11. The molecule has 0 radical (unpaired) electrons. The Morgan fingerprint density at radius 1 is 0.939 bits per heavy atom. The zero-order valence-electron chi connectivity index (χ0n) is 19.1. The van der Waals surface area contributed by atoms with E-state index >= 15 is 0 Å². The van der Waals surface area contributed by atoms with Crippen LogP contribution in [-0.2, 0) is 0 Å². The number of methoxy groups -OCH3 is 1. The SMILES string of the molecule is COc1cc(N2CCN(C)CC2)ccc1Nc1nc(Nc2ccccc2C)c2sccc2n1. The summed E-state index contributed by atoms with van der Waals surface area (Å²) >= 11 is 1.63. The Labute approximate surface area is 198 Å². The number of aromatic nitrogens is 2. The molecule has 1 saturated heterocycles. The lowest BCUT2D eigenvalue weighted by atomic mass is 10.2. The summed E-state index contributed by atoms with van der Waals surface area (Å²) in [7, 11) is 3.86. The van der Waals surface area contributed by atoms with Crippen molar-refractivity contribution in [3.63, 3.8) is 0 Å². The molecule has 4 aromatic rings. The molecule has 2 N–H and O–H groups in total. The number of aryl methyl sites for hydroxylation is 1. The van der Waals surface area contributed by atoms with E-state index in [2.05, 4.69) is 58.7 Å². The molecule has 33 heavy (non-hydrogen) atoms. The quantitative estimate of drug-likeness (QED) is 0.407. The molecule has 0 unspecified atom stereocenters. The first-order valence-corrected chi connectivity index (χ1v) is 11.9. The third-order valence-electron chi connectivity index (χ3n) is 6.00. The van der Waals surface area contributed by atoms with E-state index in [1.165, 1.54) is 5.69 Å². The number of thiophene rings is 1. The van der Waals surface area contributed by atoms with Crippen molar-refractivity contribution < 1.29 is 4.74 Å². The van der Waals surface area contributed by atoms with Gasteiger partial charge in [0.05, 0.1) is 23.0 Å². The van der Waals surface area contributed by atoms with Gasteiger partial charge in [0.1, 0.15) is 5.75 Å². The van der Waals surface area contributed by atoms with Crippen LogP contribution in [0, 0.1) is 6.92 Å². The number of fused-ring (bicyclic) bond motifs is 1. The molecule has 1 aliphatic rings. The van der Waals surface area contributed by atoms with Crippen molar-refractivity contribution in [2.24, 2.45) is 0 Å². The number of hydrogen-bond acceptors (Lipinski definition) is 8. The number of nitrogens with zero attached hydrogens (tertiary/aromatic N) is 4. The highest BCUT2D eigenvalue weighted by molar-refractivity contribution is 7.17. The zero-order chi connectivity index (χ0) is 22.8. The molecular formula is C25H28N6OS. The van der Waals surface area contributed by atoms with Gasteiger partial charge in [-0.05, 0) is 49.2 Å². The van der Waals surface area contributed by atoms with Crippen LogP contribution in [0.5, 0.6) is 5.75 Å². The number of likely N-dealkylation sites (N-methyl/N-ethyl adjacent to an activating group) is 1. The average molecular weight is 461 g/mol. The molecule has 0 bridgehead atoms. The first-order chi connectivity index (χ1) is 16.1. The first-order valence-electron chi connectivity index (χ1n) is 11.1. The second-order valence-electron chi connectivity index (χ2n) is 8.27. The van der Waals surface area contributed by atoms with E-state index in [0.29, 0.717) is 5.95 Å². The Morgan fingerprint density at radius 3 is 2.55 bits per heavy atom. The predicted molar refractivity (Wildman–Crippen MR) is 138 cm³/mol. The van der Waals surface area contributed by atoms with Gasteiger partial charge in [-0.25, -0.2) is 4.98 Å². The lowest BCUT2D eigenvalue weighted by Crippen LogP contribution is -2.44. The van der Waals surface area contributed by atoms with Gasteiger partial charge in [0, 0.05) is 43.6 Å². The Kier molecular flexibility index (Phi) is 6.02. The first kappa shape index (κ1) is 21.5. The van der Waals surface area contributed by atoms with Crippen LogP contribution in [-0.4, -0.2) is 55.2 Å². The van der Waals surface area contributed by atoms with E-state index in [-0.39, 0.29) is 0 Å². The fraction of sp³-hybridized carbons (Fsp3) is 0.280. The molecular weight excluding hydrogens is 432 g/mol. The maximum absolute atomic E-state index is 5.72. The summed E-state index contributed by atoms with van der Waals surface area (Å²) in [6.45, 7) is 6.23. The molecule has 2 aromatic heterocycles. The van der Waals surface area contributed by atoms with E-state index in [0.717, 1.165) is 64.9 Å². The van der Waals surface area contributed by atoms with Crippen molar-refractivity contribution in [1.29, 1.82) is 0 Å². The van der Waals surface area contributed by atoms with E-state index < -0.39 is 0 Å². The molecule has 170 valence electrons. The molecule has 0 saturated carbocycles. The highest BCUT2D eigenvalue weighted by Gasteiger charge is 2.17. The van der Waals surface area contributed by atoms with Crippen molar-refractivity contribution >= 4 is 50.4 Å². The summed E-state index contributed by atoms with van der Waals surface area (Å²) < 4.78 is 6.74. The molecule has 3 heterocycles. The Morgan fingerprint density at radius 2 is 1.76 bits per heavy atom. The van der Waals surface area contributed by atoms with Gasteiger partial charge >= 0.3 is 0 Å². The molecule has 1 aliphatic heterocycles. The number of para-hydroxylation sites is 1. The fourth-order valence-electron chi connectivity index (χ4n) is 4.01. The van der Waals surface area contributed by atoms with E-state index in [4.69, 9.17) is 14.7 Å². The van der Waals surface area contributed by atoms with Crippen LogP contribution in [0.1, 0.15) is 5.56 Å². The number of piperazine rings is 1. The van der Waals surface area contributed by atoms with Gasteiger partial charge in [-0.1, -0.05) is 18.2 Å². The second-order valence-corrected chi connectivity index (χ2v) is 9.19. The van der Waals surface area contributed by atoms with Gasteiger partial charge in [0.15, 0.2) is 5.82 Å². The summed E-state index contributed by atoms with van der Waals surface area (Å²) in [6.07, 6.45) is 0. The van der Waals surface area contributed by atoms with Crippen LogP contribution in [0.3, 0.4) is 0 Å². The standard InChI is InChI=1S/C25H28N6OS/c1-17-6-4-5-7-19(17)26-24-23-21(10-15-33-23)28-25(29-24)27-20-9-8-18(16-22(20)32-3)31-13-11-30(2)12-14-31/h4-10,15-16H,11-14H2,1-3H3,(H2,26,27,28,29). The smallest absolute Gasteiger partial charge is 0.229 e. The molecule has 0 aliphatic carbocycles. The topological polar surface area (TPSA) is 65.6 Å². The minimum absolute atomic E-state index is 0.530. The highest BCUT2D eigenvalue weighted by Crippen LogP contribution is 2.34. The largest absolute Gasteiger partial charge is 0.494 e. The molecule has 0 amide bonds. The van der Waals surface area contributed by atoms with Crippen LogP contribution >= 0.6 is 11.3 Å². The van der Waals surface area contributed by atoms with Crippen molar-refractivity contribution in [3.05, 3.63) is 59.5 Å². The van der Waals surface area contributed by atoms with Crippen molar-refractivity contribution in [1.82, 2.24) is 14.9 Å². The van der Waals surface area contributed by atoms with Crippen LogP contribution in [0.4, 0.5) is 28.8 Å². The molecule has 7 nitrogen and oxygen atoms in total. The van der Waals surface area contributed by atoms with Crippen LogP contribution in [0.15, 0.2) is 53.9 Å². The van der Waals surface area contributed by atoms with Gasteiger partial charge in [-0.3, -0.25) is 0 Å². The molecule has 8 heteroatoms. The lowest BCUT2D eigenvalue weighted by Gasteiger charge is -2.34. The van der Waals surface area contributed by atoms with Crippen LogP contribution < -0.4 is 20.3 Å². The minimum atomic E-state index is 0.530. The predicted octanol–water partition coefficient (Wildman–Crippen LogP) is 5.25. The van der Waals surface area contributed by atoms with Crippen molar-refractivity contribution in [2.45, 2.75) is 6.92 Å². The second kappa shape index (κ2) is 9.25. The van der Waals surface area contributed by atoms with Crippen LogP contribution in [0.25, 0.3) is 10.2 Å². The van der Waals surface area contributed by atoms with Gasteiger partial charge < -0.3 is 25.2 Å².